The van der Waals surface area contributed by atoms with Gasteiger partial charge in [-0.15, -0.1) is 0 Å². The van der Waals surface area contributed by atoms with E-state index in [1.807, 2.05) is 0 Å². The van der Waals surface area contributed by atoms with Gasteiger partial charge < -0.3 is 0 Å². The molecule has 0 aliphatic carbocycles. The maximum Gasteiger partial charge on any atom is 0.0369 e. The Morgan fingerprint density at radius 2 is 1.60 bits per heavy atom. The Kier molecular flexibility index (Phi) is 6.78. The van der Waals surface area contributed by atoms with Crippen LogP contribution in [0.1, 0.15) is 26.7 Å². The molecule has 10 heavy (non-hydrogen) atoms. The summed E-state index contributed by atoms with van der Waals surface area (Å²) in [5, 5.41) is 2.25. The monoisotopic (exact) mass is 256 g/mol. The Morgan fingerprint density at radius 1 is 1.10 bits per heavy atom. The molecule has 0 aromatic heterocycles. The summed E-state index contributed by atoms with van der Waals surface area (Å²) in [5.41, 5.74) is 0. The van der Waals surface area contributed by atoms with Crippen LogP contribution < -0.4 is 0 Å². The second-order valence-corrected chi connectivity index (χ2v) is 3.56. The molecule has 0 spiro atoms. The number of hydrogen-bond acceptors (Lipinski definition) is 2. The summed E-state index contributed by atoms with van der Waals surface area (Å²) < 4.78 is 2.24. The van der Waals surface area contributed by atoms with Crippen molar-refractivity contribution >= 4 is 22.9 Å². The highest BCUT2D eigenvalue weighted by Gasteiger charge is 2.03. The van der Waals surface area contributed by atoms with Crippen molar-refractivity contribution in [1.82, 2.24) is 8.23 Å². The highest BCUT2D eigenvalue weighted by molar-refractivity contribution is 14.1. The van der Waals surface area contributed by atoms with Crippen LogP contribution in [0.3, 0.4) is 0 Å². The lowest BCUT2D eigenvalue weighted by Crippen LogP contribution is -2.32. The zero-order valence-corrected chi connectivity index (χ0v) is 9.26. The Balaban J connectivity index is 3.38. The van der Waals surface area contributed by atoms with Crippen molar-refractivity contribution in [1.29, 1.82) is 0 Å². The van der Waals surface area contributed by atoms with Crippen molar-refractivity contribution in [2.75, 3.05) is 20.1 Å². The van der Waals surface area contributed by atoms with Crippen LogP contribution in [0.4, 0.5) is 0 Å². The lowest BCUT2D eigenvalue weighted by molar-refractivity contribution is 0.129. The Hall–Kier alpha value is 0.650. The van der Waals surface area contributed by atoms with E-state index < -0.39 is 0 Å². The summed E-state index contributed by atoms with van der Waals surface area (Å²) in [6, 6.07) is 0. The van der Waals surface area contributed by atoms with Gasteiger partial charge >= 0.3 is 0 Å². The maximum atomic E-state index is 2.35. The summed E-state index contributed by atoms with van der Waals surface area (Å²) in [7, 11) is 2.13. The highest BCUT2D eigenvalue weighted by Crippen LogP contribution is 2.04. The van der Waals surface area contributed by atoms with Crippen LogP contribution in [0.15, 0.2) is 0 Å². The minimum Gasteiger partial charge on any atom is -0.236 e. The van der Waals surface area contributed by atoms with Crippen molar-refractivity contribution in [3.63, 3.8) is 0 Å². The van der Waals surface area contributed by atoms with E-state index in [9.17, 15) is 0 Å². The van der Waals surface area contributed by atoms with Crippen LogP contribution >= 0.6 is 22.9 Å². The van der Waals surface area contributed by atoms with Crippen molar-refractivity contribution in [2.45, 2.75) is 26.7 Å². The number of nitrogens with zero attached hydrogens (tertiary/aromatic N) is 2. The quantitative estimate of drug-likeness (QED) is 0.423. The molecule has 0 rings (SSSR count). The molecule has 0 atom stereocenters. The van der Waals surface area contributed by atoms with Gasteiger partial charge in [-0.3, -0.25) is 0 Å². The van der Waals surface area contributed by atoms with Crippen molar-refractivity contribution < 1.29 is 0 Å². The SMILES string of the molecule is CCCN(C)N(I)CCC. The molecule has 0 radical (unpaired) electrons. The first-order chi connectivity index (χ1) is 4.72. The second kappa shape index (κ2) is 6.37. The van der Waals surface area contributed by atoms with Crippen LogP contribution in [0.2, 0.25) is 0 Å². The molecule has 0 aliphatic heterocycles. The van der Waals surface area contributed by atoms with E-state index in [0.717, 1.165) is 13.1 Å². The fraction of sp³-hybridized carbons (Fsp3) is 1.00. The van der Waals surface area contributed by atoms with Crippen LogP contribution in [-0.4, -0.2) is 28.4 Å². The third-order valence-corrected chi connectivity index (χ3v) is 2.54. The topological polar surface area (TPSA) is 6.48 Å². The molecule has 3 heteroatoms. The third kappa shape index (κ3) is 4.46. The fourth-order valence-corrected chi connectivity index (χ4v) is 1.49. The lowest BCUT2D eigenvalue weighted by atomic mass is 10.5. The molecule has 0 unspecified atom stereocenters. The molecule has 2 nitrogen and oxygen atoms in total. The van der Waals surface area contributed by atoms with E-state index in [0.29, 0.717) is 0 Å². The average Bonchev–Trinajstić information content (AvgIpc) is 1.89. The molecule has 0 saturated heterocycles. The smallest absolute Gasteiger partial charge is 0.0369 e. The van der Waals surface area contributed by atoms with Gasteiger partial charge in [-0.1, -0.05) is 13.8 Å². The predicted molar refractivity (Wildman–Crippen MR) is 53.9 cm³/mol. The van der Waals surface area contributed by atoms with Gasteiger partial charge in [-0.2, -0.15) is 3.22 Å². The first-order valence-corrected chi connectivity index (χ1v) is 4.83. The molecular formula is C7H17IN2. The van der Waals surface area contributed by atoms with E-state index in [-0.39, 0.29) is 0 Å². The third-order valence-electron chi connectivity index (χ3n) is 1.33. The van der Waals surface area contributed by atoms with E-state index >= 15 is 0 Å². The summed E-state index contributed by atoms with van der Waals surface area (Å²) in [5.74, 6) is 0. The molecule has 0 aromatic rings. The minimum atomic E-state index is 1.15. The standard InChI is InChI=1S/C7H17IN2/c1-4-6-9(3)10(8)7-5-2/h4-7H2,1-3H3. The van der Waals surface area contributed by atoms with Crippen molar-refractivity contribution in [3.05, 3.63) is 0 Å². The Morgan fingerprint density at radius 3 is 2.00 bits per heavy atom. The Labute approximate surface area is 78.0 Å². The van der Waals surface area contributed by atoms with Gasteiger partial charge in [-0.05, 0) is 12.8 Å². The summed E-state index contributed by atoms with van der Waals surface area (Å²) in [6.07, 6.45) is 2.44. The molecule has 0 aromatic carbocycles. The highest BCUT2D eigenvalue weighted by atomic mass is 127. The number of rotatable bonds is 5. The van der Waals surface area contributed by atoms with Crippen LogP contribution in [0.25, 0.3) is 0 Å². The summed E-state index contributed by atoms with van der Waals surface area (Å²) in [4.78, 5) is 0. The van der Waals surface area contributed by atoms with Gasteiger partial charge in [0.05, 0.1) is 0 Å². The molecule has 0 amide bonds. The van der Waals surface area contributed by atoms with E-state index in [2.05, 4.69) is 52.0 Å². The summed E-state index contributed by atoms with van der Waals surface area (Å²) >= 11 is 2.35. The molecule has 0 fully saturated rings. The van der Waals surface area contributed by atoms with Crippen LogP contribution in [0, 0.1) is 0 Å². The van der Waals surface area contributed by atoms with E-state index in [1.165, 1.54) is 12.8 Å². The molecule has 0 heterocycles. The number of hydrogen-bond donors (Lipinski definition) is 0. The molecule has 0 aliphatic rings. The molecule has 0 saturated carbocycles. The van der Waals surface area contributed by atoms with Gasteiger partial charge in [0.15, 0.2) is 0 Å². The zero-order valence-electron chi connectivity index (χ0n) is 7.10. The van der Waals surface area contributed by atoms with Crippen molar-refractivity contribution in [3.8, 4) is 0 Å². The molecule has 0 bridgehead atoms. The summed E-state index contributed by atoms with van der Waals surface area (Å²) in [6.45, 7) is 6.71. The lowest BCUT2D eigenvalue weighted by Gasteiger charge is -2.24. The van der Waals surface area contributed by atoms with Crippen LogP contribution in [-0.2, 0) is 0 Å². The van der Waals surface area contributed by atoms with Gasteiger partial charge in [0, 0.05) is 43.0 Å². The average molecular weight is 256 g/mol. The molecule has 62 valence electrons. The first kappa shape index (κ1) is 10.7. The Bertz CT molecular complexity index is 68.0. The first-order valence-electron chi connectivity index (χ1n) is 3.86. The molecule has 0 N–H and O–H groups in total. The zero-order chi connectivity index (χ0) is 7.98. The van der Waals surface area contributed by atoms with Crippen molar-refractivity contribution in [2.24, 2.45) is 0 Å². The predicted octanol–water partition coefficient (Wildman–Crippen LogP) is 2.31. The second-order valence-electron chi connectivity index (χ2n) is 2.44. The largest absolute Gasteiger partial charge is 0.236 e. The van der Waals surface area contributed by atoms with E-state index in [1.54, 1.807) is 0 Å². The van der Waals surface area contributed by atoms with Crippen LogP contribution in [0.5, 0.6) is 0 Å². The van der Waals surface area contributed by atoms with Gasteiger partial charge in [-0.25, -0.2) is 5.01 Å². The molecular weight excluding hydrogens is 239 g/mol. The van der Waals surface area contributed by atoms with Gasteiger partial charge in [0.1, 0.15) is 0 Å². The maximum absolute atomic E-state index is 2.35. The van der Waals surface area contributed by atoms with Gasteiger partial charge in [0.25, 0.3) is 0 Å². The normalized spacial score (nSPS) is 11.4. The number of hydrazine groups is 1. The van der Waals surface area contributed by atoms with E-state index in [4.69, 9.17) is 0 Å². The van der Waals surface area contributed by atoms with Gasteiger partial charge in [0.2, 0.25) is 0 Å². The fourth-order valence-electron chi connectivity index (χ4n) is 0.787. The number of halogens is 1. The minimum absolute atomic E-state index is 1.15.